The monoisotopic (exact) mass is 383 g/mol. The molecule has 0 aromatic carbocycles. The molecule has 7 heteroatoms. The lowest BCUT2D eigenvalue weighted by Crippen LogP contribution is -2.54. The van der Waals surface area contributed by atoms with Crippen molar-refractivity contribution in [2.45, 2.75) is 32.5 Å². The van der Waals surface area contributed by atoms with E-state index < -0.39 is 0 Å². The Balaban J connectivity index is 1.26. The Morgan fingerprint density at radius 1 is 1.41 bits per heavy atom. The summed E-state index contributed by atoms with van der Waals surface area (Å²) in [4.78, 5) is 32.2. The van der Waals surface area contributed by atoms with Crippen LogP contribution in [0.3, 0.4) is 0 Å². The molecule has 2 aliphatic rings. The summed E-state index contributed by atoms with van der Waals surface area (Å²) in [5.41, 5.74) is 1.87. The summed E-state index contributed by atoms with van der Waals surface area (Å²) in [6, 6.07) is 6.15. The maximum Gasteiger partial charge on any atom is 0.246 e. The number of aryl methyl sites for hydroxylation is 2. The van der Waals surface area contributed by atoms with Gasteiger partial charge in [-0.1, -0.05) is 0 Å². The maximum absolute atomic E-state index is 12.3. The van der Waals surface area contributed by atoms with Gasteiger partial charge in [-0.05, 0) is 48.7 Å². The van der Waals surface area contributed by atoms with Crippen LogP contribution in [0.1, 0.15) is 27.3 Å². The number of carbonyl (C=O) groups excluding carboxylic acids is 2. The Hall–Kier alpha value is -2.51. The molecular formula is C20H21N3O3S. The number of rotatable bonds is 5. The molecule has 27 heavy (non-hydrogen) atoms. The number of hydrogen-bond donors (Lipinski definition) is 1. The van der Waals surface area contributed by atoms with E-state index in [-0.39, 0.29) is 17.9 Å². The van der Waals surface area contributed by atoms with Crippen molar-refractivity contribution < 1.29 is 14.3 Å². The van der Waals surface area contributed by atoms with E-state index in [9.17, 15) is 9.59 Å². The van der Waals surface area contributed by atoms with Gasteiger partial charge < -0.3 is 15.0 Å². The van der Waals surface area contributed by atoms with Gasteiger partial charge >= 0.3 is 0 Å². The molecule has 0 bridgehead atoms. The summed E-state index contributed by atoms with van der Waals surface area (Å²) in [6.45, 7) is 3.95. The van der Waals surface area contributed by atoms with E-state index in [2.05, 4.69) is 29.4 Å². The molecule has 2 aliphatic heterocycles. The van der Waals surface area contributed by atoms with Crippen LogP contribution in [0.5, 0.6) is 0 Å². The third kappa shape index (κ3) is 4.26. The normalized spacial score (nSPS) is 16.9. The molecule has 0 radical (unpaired) electrons. The van der Waals surface area contributed by atoms with Gasteiger partial charge in [-0.25, -0.2) is 4.98 Å². The molecule has 2 amide bonds. The lowest BCUT2D eigenvalue weighted by Gasteiger charge is -2.38. The van der Waals surface area contributed by atoms with Gasteiger partial charge in [0.2, 0.25) is 11.8 Å². The first-order valence-corrected chi connectivity index (χ1v) is 9.81. The summed E-state index contributed by atoms with van der Waals surface area (Å²) in [5, 5.41) is 2.76. The van der Waals surface area contributed by atoms with E-state index in [4.69, 9.17) is 4.74 Å². The van der Waals surface area contributed by atoms with Crippen molar-refractivity contribution in [2.24, 2.45) is 0 Å². The SMILES string of the molecule is Cc1ccc(COC2CN(C(=O)/C=C/c3cnc4c(c3)CCC(=O)N4)C2)s1. The molecule has 140 valence electrons. The van der Waals surface area contributed by atoms with Gasteiger partial charge in [0.1, 0.15) is 5.82 Å². The topological polar surface area (TPSA) is 71.5 Å². The van der Waals surface area contributed by atoms with Crippen molar-refractivity contribution in [1.29, 1.82) is 0 Å². The molecule has 0 saturated carbocycles. The van der Waals surface area contributed by atoms with Crippen LogP contribution in [0.15, 0.2) is 30.5 Å². The second-order valence-corrected chi connectivity index (χ2v) is 8.22. The number of nitrogens with one attached hydrogen (secondary N) is 1. The van der Waals surface area contributed by atoms with Gasteiger partial charge in [0.15, 0.2) is 0 Å². The highest BCUT2D eigenvalue weighted by Crippen LogP contribution is 2.22. The van der Waals surface area contributed by atoms with Crippen molar-refractivity contribution in [1.82, 2.24) is 9.88 Å². The molecule has 0 atom stereocenters. The van der Waals surface area contributed by atoms with E-state index >= 15 is 0 Å². The quantitative estimate of drug-likeness (QED) is 0.806. The van der Waals surface area contributed by atoms with E-state index in [1.807, 2.05) is 6.07 Å². The minimum absolute atomic E-state index is 0.00256. The van der Waals surface area contributed by atoms with Crippen molar-refractivity contribution in [3.63, 3.8) is 0 Å². The Morgan fingerprint density at radius 2 is 2.26 bits per heavy atom. The fourth-order valence-electron chi connectivity index (χ4n) is 3.12. The summed E-state index contributed by atoms with van der Waals surface area (Å²) in [5.74, 6) is 0.600. The highest BCUT2D eigenvalue weighted by atomic mass is 32.1. The van der Waals surface area contributed by atoms with E-state index in [0.717, 1.165) is 11.1 Å². The van der Waals surface area contributed by atoms with Crippen LogP contribution in [0.25, 0.3) is 6.08 Å². The fraction of sp³-hybridized carbons (Fsp3) is 0.350. The standard InChI is InChI=1S/C20H21N3O3S/c1-13-2-5-17(27-13)12-26-16-10-23(11-16)19(25)7-3-14-8-15-4-6-18(24)22-20(15)21-9-14/h2-3,5,7-9,16H,4,6,10-12H2,1H3,(H,21,22,24)/b7-3+. The number of anilines is 1. The Bertz CT molecular complexity index is 900. The molecule has 2 aromatic heterocycles. The van der Waals surface area contributed by atoms with Crippen LogP contribution in [-0.4, -0.2) is 40.9 Å². The molecule has 1 saturated heterocycles. The summed E-state index contributed by atoms with van der Waals surface area (Å²) < 4.78 is 5.84. The Kier molecular flexibility index (Phi) is 5.05. The zero-order valence-corrected chi connectivity index (χ0v) is 15.9. The van der Waals surface area contributed by atoms with Crippen LogP contribution >= 0.6 is 11.3 Å². The molecule has 4 heterocycles. The highest BCUT2D eigenvalue weighted by molar-refractivity contribution is 7.11. The van der Waals surface area contributed by atoms with Crippen LogP contribution in [0.2, 0.25) is 0 Å². The van der Waals surface area contributed by atoms with E-state index in [1.165, 1.54) is 9.75 Å². The zero-order chi connectivity index (χ0) is 18.8. The van der Waals surface area contributed by atoms with E-state index in [0.29, 0.717) is 38.4 Å². The summed E-state index contributed by atoms with van der Waals surface area (Å²) >= 11 is 1.74. The van der Waals surface area contributed by atoms with Crippen LogP contribution < -0.4 is 5.32 Å². The minimum atomic E-state index is -0.0205. The molecule has 6 nitrogen and oxygen atoms in total. The first-order chi connectivity index (χ1) is 13.1. The molecule has 0 spiro atoms. The molecule has 1 N–H and O–H groups in total. The van der Waals surface area contributed by atoms with Gasteiger partial charge in [0, 0.05) is 41.5 Å². The predicted molar refractivity (Wildman–Crippen MR) is 104 cm³/mol. The third-order valence-corrected chi connectivity index (χ3v) is 5.68. The average molecular weight is 383 g/mol. The van der Waals surface area contributed by atoms with Gasteiger partial charge in [0.05, 0.1) is 12.7 Å². The third-order valence-electron chi connectivity index (χ3n) is 4.70. The van der Waals surface area contributed by atoms with Crippen molar-refractivity contribution in [3.05, 3.63) is 51.4 Å². The maximum atomic E-state index is 12.3. The number of aromatic nitrogens is 1. The summed E-state index contributed by atoms with van der Waals surface area (Å²) in [7, 11) is 0. The zero-order valence-electron chi connectivity index (χ0n) is 15.1. The number of amides is 2. The van der Waals surface area contributed by atoms with Crippen LogP contribution in [0, 0.1) is 6.92 Å². The number of pyridine rings is 1. The van der Waals surface area contributed by atoms with Crippen molar-refractivity contribution >= 4 is 35.0 Å². The molecular weight excluding hydrogens is 362 g/mol. The van der Waals surface area contributed by atoms with E-state index in [1.54, 1.807) is 34.6 Å². The largest absolute Gasteiger partial charge is 0.369 e. The first-order valence-electron chi connectivity index (χ1n) is 8.99. The van der Waals surface area contributed by atoms with Gasteiger partial charge in [-0.15, -0.1) is 11.3 Å². The fourth-order valence-corrected chi connectivity index (χ4v) is 3.94. The average Bonchev–Trinajstić information content (AvgIpc) is 3.03. The number of likely N-dealkylation sites (tertiary alicyclic amines) is 1. The first kappa shape index (κ1) is 17.9. The Labute approximate surface area is 161 Å². The molecule has 4 rings (SSSR count). The number of carbonyl (C=O) groups is 2. The number of nitrogens with zero attached hydrogens (tertiary/aromatic N) is 2. The Morgan fingerprint density at radius 3 is 3.04 bits per heavy atom. The molecule has 0 aliphatic carbocycles. The van der Waals surface area contributed by atoms with Crippen molar-refractivity contribution in [2.75, 3.05) is 18.4 Å². The number of fused-ring (bicyclic) bond motifs is 1. The number of hydrogen-bond acceptors (Lipinski definition) is 5. The predicted octanol–water partition coefficient (Wildman–Crippen LogP) is 2.78. The highest BCUT2D eigenvalue weighted by Gasteiger charge is 2.30. The van der Waals surface area contributed by atoms with Crippen molar-refractivity contribution in [3.8, 4) is 0 Å². The summed E-state index contributed by atoms with van der Waals surface area (Å²) in [6.07, 6.45) is 6.27. The van der Waals surface area contributed by atoms with Crippen LogP contribution in [0.4, 0.5) is 5.82 Å². The smallest absolute Gasteiger partial charge is 0.246 e. The van der Waals surface area contributed by atoms with Gasteiger partial charge in [-0.3, -0.25) is 9.59 Å². The number of thiophene rings is 1. The number of ether oxygens (including phenoxy) is 1. The minimum Gasteiger partial charge on any atom is -0.369 e. The molecule has 0 unspecified atom stereocenters. The lowest BCUT2D eigenvalue weighted by molar-refractivity contribution is -0.140. The molecule has 2 aromatic rings. The van der Waals surface area contributed by atoms with Gasteiger partial charge in [-0.2, -0.15) is 0 Å². The second kappa shape index (κ2) is 7.62. The second-order valence-electron chi connectivity index (χ2n) is 6.85. The van der Waals surface area contributed by atoms with Gasteiger partial charge in [0.25, 0.3) is 0 Å². The molecule has 1 fully saturated rings. The lowest BCUT2D eigenvalue weighted by atomic mass is 10.0. The van der Waals surface area contributed by atoms with Crippen LogP contribution in [-0.2, 0) is 27.4 Å².